The summed E-state index contributed by atoms with van der Waals surface area (Å²) in [6, 6.07) is 21.3. The largest absolute Gasteiger partial charge is 0.497 e. The van der Waals surface area contributed by atoms with Gasteiger partial charge in [-0.3, -0.25) is 4.79 Å². The SMILES string of the molecule is CCCCCC(=O)c1cc(S(=O)(=O)Cc2ccccc2)c(N2CCC(c3ccc(OC)cc3)CC2)cc1N(CC)CCN(C)C. The number of ketones is 1. The fourth-order valence-electron chi connectivity index (χ4n) is 6.18. The fraction of sp³-hybridized carbons (Fsp3) is 0.486. The maximum atomic E-state index is 14.2. The molecule has 244 valence electrons. The summed E-state index contributed by atoms with van der Waals surface area (Å²) < 4.78 is 33.8. The van der Waals surface area contributed by atoms with E-state index in [0.29, 0.717) is 23.6 Å². The molecule has 0 unspecified atom stereocenters. The molecule has 8 heteroatoms. The lowest BCUT2D eigenvalue weighted by Gasteiger charge is -2.36. The van der Waals surface area contributed by atoms with Crippen LogP contribution in [0.1, 0.15) is 79.8 Å². The van der Waals surface area contributed by atoms with E-state index in [4.69, 9.17) is 4.74 Å². The van der Waals surface area contributed by atoms with E-state index in [-0.39, 0.29) is 16.4 Å². The van der Waals surface area contributed by atoms with Gasteiger partial charge in [0.15, 0.2) is 15.6 Å². The number of benzene rings is 3. The second-order valence-corrected chi connectivity index (χ2v) is 14.3. The van der Waals surface area contributed by atoms with Gasteiger partial charge in [0.1, 0.15) is 5.75 Å². The standard InChI is InChI=1S/C37H51N3O4S/c1-6-8-10-15-36(41)33-26-37(45(42,43)28-29-13-11-9-12-14-29)35(27-34(33)39(7-2)25-24-38(3)4)40-22-20-31(21-23-40)30-16-18-32(44-5)19-17-30/h9,11-14,16-19,26-27,31H,6-8,10,15,20-25,28H2,1-5H3. The van der Waals surface area contributed by atoms with Gasteiger partial charge in [0.2, 0.25) is 0 Å². The zero-order valence-corrected chi connectivity index (χ0v) is 28.6. The molecule has 0 radical (unpaired) electrons. The van der Waals surface area contributed by atoms with Gasteiger partial charge < -0.3 is 19.4 Å². The minimum absolute atomic E-state index is 0.0164. The molecule has 0 aromatic heterocycles. The molecule has 0 spiro atoms. The second kappa shape index (κ2) is 16.3. The summed E-state index contributed by atoms with van der Waals surface area (Å²) in [5, 5.41) is 0. The number of hydrogen-bond donors (Lipinski definition) is 0. The van der Waals surface area contributed by atoms with Crippen LogP contribution in [-0.4, -0.2) is 73.0 Å². The third-order valence-corrected chi connectivity index (χ3v) is 10.6. The van der Waals surface area contributed by atoms with Crippen LogP contribution in [0.25, 0.3) is 0 Å². The van der Waals surface area contributed by atoms with E-state index in [1.807, 2.05) is 62.6 Å². The molecule has 1 aliphatic heterocycles. The predicted molar refractivity (Wildman–Crippen MR) is 186 cm³/mol. The summed E-state index contributed by atoms with van der Waals surface area (Å²) >= 11 is 0. The van der Waals surface area contributed by atoms with Gasteiger partial charge in [0, 0.05) is 50.4 Å². The van der Waals surface area contributed by atoms with Crippen molar-refractivity contribution in [3.63, 3.8) is 0 Å². The van der Waals surface area contributed by atoms with Crippen LogP contribution in [0.2, 0.25) is 0 Å². The van der Waals surface area contributed by atoms with Gasteiger partial charge in [-0.2, -0.15) is 0 Å². The Balaban J connectivity index is 1.77. The zero-order valence-electron chi connectivity index (χ0n) is 27.8. The normalized spacial score (nSPS) is 14.1. The first kappa shape index (κ1) is 34.5. The Kier molecular flexibility index (Phi) is 12.5. The summed E-state index contributed by atoms with van der Waals surface area (Å²) in [5.74, 6) is 1.14. The van der Waals surface area contributed by atoms with Gasteiger partial charge in [0.25, 0.3) is 0 Å². The molecule has 3 aromatic carbocycles. The number of likely N-dealkylation sites (N-methyl/N-ethyl adjacent to an activating group) is 2. The van der Waals surface area contributed by atoms with Crippen LogP contribution in [0.3, 0.4) is 0 Å². The first-order chi connectivity index (χ1) is 21.7. The minimum Gasteiger partial charge on any atom is -0.497 e. The highest BCUT2D eigenvalue weighted by Gasteiger charge is 2.30. The van der Waals surface area contributed by atoms with Crippen LogP contribution >= 0.6 is 0 Å². The second-order valence-electron chi connectivity index (χ2n) is 12.4. The predicted octanol–water partition coefficient (Wildman–Crippen LogP) is 7.20. The molecule has 0 amide bonds. The Labute approximate surface area is 271 Å². The number of sulfone groups is 1. The average Bonchev–Trinajstić information content (AvgIpc) is 3.05. The van der Waals surface area contributed by atoms with E-state index in [1.54, 1.807) is 13.2 Å². The molecule has 1 saturated heterocycles. The van der Waals surface area contributed by atoms with E-state index < -0.39 is 9.84 Å². The molecule has 0 aliphatic carbocycles. The highest BCUT2D eigenvalue weighted by molar-refractivity contribution is 7.90. The molecular weight excluding hydrogens is 582 g/mol. The van der Waals surface area contributed by atoms with Crippen LogP contribution < -0.4 is 14.5 Å². The van der Waals surface area contributed by atoms with Crippen molar-refractivity contribution in [2.45, 2.75) is 68.9 Å². The topological polar surface area (TPSA) is 70.2 Å². The molecule has 0 N–H and O–H groups in total. The third kappa shape index (κ3) is 9.10. The van der Waals surface area contributed by atoms with Crippen molar-refractivity contribution in [3.8, 4) is 5.75 Å². The van der Waals surface area contributed by atoms with Gasteiger partial charge in [-0.15, -0.1) is 0 Å². The summed E-state index contributed by atoms with van der Waals surface area (Å²) in [6.45, 7) is 7.98. The monoisotopic (exact) mass is 633 g/mol. The number of unbranched alkanes of at least 4 members (excludes halogenated alkanes) is 2. The number of rotatable bonds is 16. The summed E-state index contributed by atoms with van der Waals surface area (Å²) in [6.07, 6.45) is 5.03. The molecule has 1 fully saturated rings. The Bertz CT molecular complexity index is 1480. The fourth-order valence-corrected chi connectivity index (χ4v) is 7.77. The van der Waals surface area contributed by atoms with Crippen molar-refractivity contribution in [3.05, 3.63) is 83.4 Å². The smallest absolute Gasteiger partial charge is 0.184 e. The van der Waals surface area contributed by atoms with E-state index in [2.05, 4.69) is 40.7 Å². The molecule has 1 aliphatic rings. The van der Waals surface area contributed by atoms with Crippen molar-refractivity contribution in [2.75, 3.05) is 63.7 Å². The number of piperidine rings is 1. The maximum absolute atomic E-state index is 14.2. The Morgan fingerprint density at radius 3 is 2.22 bits per heavy atom. The lowest BCUT2D eigenvalue weighted by molar-refractivity contribution is 0.0979. The van der Waals surface area contributed by atoms with Crippen LogP contribution in [0.4, 0.5) is 11.4 Å². The van der Waals surface area contributed by atoms with Crippen molar-refractivity contribution in [1.29, 1.82) is 0 Å². The lowest BCUT2D eigenvalue weighted by Crippen LogP contribution is -2.35. The van der Waals surface area contributed by atoms with Gasteiger partial charge in [-0.1, -0.05) is 62.2 Å². The molecule has 4 rings (SSSR count). The molecule has 3 aromatic rings. The highest BCUT2D eigenvalue weighted by atomic mass is 32.2. The van der Waals surface area contributed by atoms with Crippen molar-refractivity contribution in [1.82, 2.24) is 4.90 Å². The molecule has 0 atom stereocenters. The van der Waals surface area contributed by atoms with Crippen molar-refractivity contribution >= 4 is 27.0 Å². The van der Waals surface area contributed by atoms with Crippen molar-refractivity contribution < 1.29 is 17.9 Å². The third-order valence-electron chi connectivity index (χ3n) is 8.88. The Morgan fingerprint density at radius 1 is 0.933 bits per heavy atom. The first-order valence-electron chi connectivity index (χ1n) is 16.4. The molecule has 45 heavy (non-hydrogen) atoms. The Morgan fingerprint density at radius 2 is 1.62 bits per heavy atom. The van der Waals surface area contributed by atoms with Gasteiger partial charge in [-0.05, 0) is 81.6 Å². The first-order valence-corrected chi connectivity index (χ1v) is 18.1. The van der Waals surface area contributed by atoms with Crippen molar-refractivity contribution in [2.24, 2.45) is 0 Å². The number of nitrogens with zero attached hydrogens (tertiary/aromatic N) is 3. The number of carbonyl (C=O) groups is 1. The number of Topliss-reactive ketones (excluding diaryl/α,β-unsaturated/α-hetero) is 1. The lowest BCUT2D eigenvalue weighted by atomic mass is 9.89. The minimum atomic E-state index is -3.76. The molecule has 0 bridgehead atoms. The summed E-state index contributed by atoms with van der Waals surface area (Å²) in [5.41, 5.74) is 4.09. The molecule has 1 heterocycles. The van der Waals surface area contributed by atoms with Gasteiger partial charge >= 0.3 is 0 Å². The van der Waals surface area contributed by atoms with Gasteiger partial charge in [-0.25, -0.2) is 8.42 Å². The number of methoxy groups -OCH3 is 1. The number of carbonyl (C=O) groups excluding carboxylic acids is 1. The molecule has 0 saturated carbocycles. The van der Waals surface area contributed by atoms with Crippen LogP contribution in [-0.2, 0) is 15.6 Å². The number of ether oxygens (including phenoxy) is 1. The van der Waals surface area contributed by atoms with E-state index in [0.717, 1.165) is 81.8 Å². The quantitative estimate of drug-likeness (QED) is 0.122. The van der Waals surface area contributed by atoms with Gasteiger partial charge in [0.05, 0.1) is 23.4 Å². The van der Waals surface area contributed by atoms with Crippen LogP contribution in [0.15, 0.2) is 71.6 Å². The van der Waals surface area contributed by atoms with E-state index in [9.17, 15) is 13.2 Å². The summed E-state index contributed by atoms with van der Waals surface area (Å²) in [7, 11) is 2.01. The maximum Gasteiger partial charge on any atom is 0.184 e. The average molecular weight is 634 g/mol. The molecular formula is C37H51N3O4S. The highest BCUT2D eigenvalue weighted by Crippen LogP contribution is 2.39. The van der Waals surface area contributed by atoms with Crippen LogP contribution in [0.5, 0.6) is 5.75 Å². The zero-order chi connectivity index (χ0) is 32.4. The van der Waals surface area contributed by atoms with E-state index >= 15 is 0 Å². The molecule has 7 nitrogen and oxygen atoms in total. The Hall–Kier alpha value is -3.36. The van der Waals surface area contributed by atoms with Crippen LogP contribution in [0, 0.1) is 0 Å². The van der Waals surface area contributed by atoms with E-state index in [1.165, 1.54) is 5.56 Å². The summed E-state index contributed by atoms with van der Waals surface area (Å²) in [4.78, 5) is 20.7. The number of hydrogen-bond acceptors (Lipinski definition) is 7. The number of anilines is 2.